The Morgan fingerprint density at radius 1 is 0.952 bits per heavy atom. The van der Waals surface area contributed by atoms with Crippen molar-refractivity contribution in [2.75, 3.05) is 43.1 Å². The largest absolute Gasteiger partial charge is 0.494 e. The van der Waals surface area contributed by atoms with Crippen LogP contribution in [0.4, 0.5) is 11.8 Å². The third-order valence-electron chi connectivity index (χ3n) is 3.45. The second-order valence-corrected chi connectivity index (χ2v) is 5.65. The number of methoxy groups -OCH3 is 1. The van der Waals surface area contributed by atoms with Gasteiger partial charge in [-0.25, -0.2) is 15.0 Å². The molecule has 0 N–H and O–H groups in total. The molecule has 0 amide bonds. The Hall–Kier alpha value is -1.89. The summed E-state index contributed by atoms with van der Waals surface area (Å²) in [7, 11) is 1.61. The van der Waals surface area contributed by atoms with Gasteiger partial charge in [-0.1, -0.05) is 0 Å². The lowest BCUT2D eigenvalue weighted by Crippen LogP contribution is -2.47. The molecule has 0 radical (unpaired) electrons. The van der Waals surface area contributed by atoms with E-state index in [1.165, 1.54) is 0 Å². The van der Waals surface area contributed by atoms with Crippen molar-refractivity contribution in [1.29, 1.82) is 0 Å². The van der Waals surface area contributed by atoms with Gasteiger partial charge in [-0.05, 0) is 28.1 Å². The average Bonchev–Trinajstić information content (AvgIpc) is 2.56. The van der Waals surface area contributed by atoms with Gasteiger partial charge in [0.05, 0.1) is 19.5 Å². The molecule has 0 atom stereocenters. The molecule has 0 saturated carbocycles. The molecule has 0 spiro atoms. The number of anilines is 2. The van der Waals surface area contributed by atoms with Crippen molar-refractivity contribution in [2.24, 2.45) is 0 Å². The van der Waals surface area contributed by atoms with E-state index in [9.17, 15) is 0 Å². The monoisotopic (exact) mass is 349 g/mol. The summed E-state index contributed by atoms with van der Waals surface area (Å²) in [6, 6.07) is 4.05. The van der Waals surface area contributed by atoms with Crippen molar-refractivity contribution in [3.8, 4) is 5.75 Å². The minimum absolute atomic E-state index is 0.677. The second kappa shape index (κ2) is 6.26. The molecule has 3 heterocycles. The van der Waals surface area contributed by atoms with Crippen LogP contribution < -0.4 is 14.5 Å². The zero-order chi connectivity index (χ0) is 14.7. The summed E-state index contributed by atoms with van der Waals surface area (Å²) in [6.07, 6.45) is 5.23. The number of hydrogen-bond acceptors (Lipinski definition) is 6. The van der Waals surface area contributed by atoms with Crippen molar-refractivity contribution in [3.05, 3.63) is 35.2 Å². The van der Waals surface area contributed by atoms with Crippen molar-refractivity contribution in [3.63, 3.8) is 0 Å². The van der Waals surface area contributed by atoms with Crippen LogP contribution in [0.5, 0.6) is 5.75 Å². The quantitative estimate of drug-likeness (QED) is 0.844. The molecular weight excluding hydrogens is 334 g/mol. The third-order valence-corrected chi connectivity index (χ3v) is 3.92. The highest BCUT2D eigenvalue weighted by molar-refractivity contribution is 9.10. The first-order valence-electron chi connectivity index (χ1n) is 6.74. The van der Waals surface area contributed by atoms with Crippen LogP contribution in [0.2, 0.25) is 0 Å². The number of piperazine rings is 1. The van der Waals surface area contributed by atoms with Gasteiger partial charge in [0.2, 0.25) is 5.95 Å². The fraction of sp³-hybridized carbons (Fsp3) is 0.357. The third kappa shape index (κ3) is 3.24. The number of rotatable bonds is 3. The van der Waals surface area contributed by atoms with Gasteiger partial charge >= 0.3 is 0 Å². The molecule has 1 aliphatic heterocycles. The molecule has 1 saturated heterocycles. The maximum absolute atomic E-state index is 5.08. The molecule has 110 valence electrons. The minimum Gasteiger partial charge on any atom is -0.494 e. The van der Waals surface area contributed by atoms with Crippen molar-refractivity contribution < 1.29 is 4.74 Å². The van der Waals surface area contributed by atoms with E-state index in [4.69, 9.17) is 4.74 Å². The van der Waals surface area contributed by atoms with E-state index in [2.05, 4.69) is 40.7 Å². The predicted octanol–water partition coefficient (Wildman–Crippen LogP) is 1.97. The van der Waals surface area contributed by atoms with Gasteiger partial charge in [0.15, 0.2) is 5.75 Å². The van der Waals surface area contributed by atoms with Crippen LogP contribution in [0.15, 0.2) is 35.2 Å². The summed E-state index contributed by atoms with van der Waals surface area (Å²) in [4.78, 5) is 17.5. The lowest BCUT2D eigenvalue weighted by Gasteiger charge is -2.35. The predicted molar refractivity (Wildman–Crippen MR) is 84.9 cm³/mol. The lowest BCUT2D eigenvalue weighted by atomic mass is 10.3. The number of nitrogens with zero attached hydrogens (tertiary/aromatic N) is 5. The van der Waals surface area contributed by atoms with Crippen LogP contribution in [0.3, 0.4) is 0 Å². The molecule has 2 aromatic heterocycles. The topological polar surface area (TPSA) is 54.4 Å². The zero-order valence-electron chi connectivity index (χ0n) is 11.7. The summed E-state index contributed by atoms with van der Waals surface area (Å²) >= 11 is 3.41. The zero-order valence-corrected chi connectivity index (χ0v) is 13.3. The molecule has 21 heavy (non-hydrogen) atoms. The molecular formula is C14H16BrN5O. The Kier molecular flexibility index (Phi) is 4.19. The molecule has 3 rings (SSSR count). The van der Waals surface area contributed by atoms with Gasteiger partial charge in [0.25, 0.3) is 0 Å². The summed E-state index contributed by atoms with van der Waals surface area (Å²) in [5, 5.41) is 0. The van der Waals surface area contributed by atoms with Gasteiger partial charge in [-0.15, -0.1) is 0 Å². The van der Waals surface area contributed by atoms with Crippen LogP contribution in [0.1, 0.15) is 0 Å². The molecule has 2 aromatic rings. The number of aromatic nitrogens is 3. The Morgan fingerprint density at radius 2 is 1.62 bits per heavy atom. The maximum Gasteiger partial charge on any atom is 0.225 e. The van der Waals surface area contributed by atoms with Gasteiger partial charge in [0, 0.05) is 36.8 Å². The van der Waals surface area contributed by atoms with Crippen LogP contribution in [0, 0.1) is 0 Å². The molecule has 0 bridgehead atoms. The van der Waals surface area contributed by atoms with Crippen molar-refractivity contribution in [2.45, 2.75) is 0 Å². The molecule has 6 nitrogen and oxygen atoms in total. The second-order valence-electron chi connectivity index (χ2n) is 4.73. The van der Waals surface area contributed by atoms with Crippen LogP contribution in [-0.2, 0) is 0 Å². The van der Waals surface area contributed by atoms with Crippen LogP contribution >= 0.6 is 15.9 Å². The Morgan fingerprint density at radius 3 is 2.19 bits per heavy atom. The van der Waals surface area contributed by atoms with E-state index in [1.807, 2.05) is 18.3 Å². The first-order valence-corrected chi connectivity index (χ1v) is 7.53. The fourth-order valence-electron chi connectivity index (χ4n) is 2.27. The smallest absolute Gasteiger partial charge is 0.225 e. The Balaban J connectivity index is 1.62. The molecule has 0 aliphatic carbocycles. The molecule has 7 heteroatoms. The van der Waals surface area contributed by atoms with E-state index in [0.29, 0.717) is 5.75 Å². The van der Waals surface area contributed by atoms with Crippen LogP contribution in [0.25, 0.3) is 0 Å². The Labute approximate surface area is 131 Å². The SMILES string of the molecule is COc1cnc(N2CCN(c3ccc(Br)cn3)CC2)nc1. The highest BCUT2D eigenvalue weighted by atomic mass is 79.9. The molecule has 0 aromatic carbocycles. The first-order chi connectivity index (χ1) is 10.3. The summed E-state index contributed by atoms with van der Waals surface area (Å²) in [6.45, 7) is 3.57. The van der Waals surface area contributed by atoms with Crippen molar-refractivity contribution in [1.82, 2.24) is 15.0 Å². The summed E-state index contributed by atoms with van der Waals surface area (Å²) in [5.74, 6) is 2.43. The fourth-order valence-corrected chi connectivity index (χ4v) is 2.50. The lowest BCUT2D eigenvalue weighted by molar-refractivity contribution is 0.410. The summed E-state index contributed by atoms with van der Waals surface area (Å²) in [5.41, 5.74) is 0. The van der Waals surface area contributed by atoms with Gasteiger partial charge in [-0.3, -0.25) is 0 Å². The Bertz CT molecular complexity index is 581. The van der Waals surface area contributed by atoms with Gasteiger partial charge < -0.3 is 14.5 Å². The van der Waals surface area contributed by atoms with E-state index in [0.717, 1.165) is 42.4 Å². The molecule has 1 fully saturated rings. The minimum atomic E-state index is 0.677. The standard InChI is InChI=1S/C14H16BrN5O/c1-21-12-9-17-14(18-10-12)20-6-4-19(5-7-20)13-3-2-11(15)8-16-13/h2-3,8-10H,4-7H2,1H3. The van der Waals surface area contributed by atoms with E-state index < -0.39 is 0 Å². The molecule has 0 unspecified atom stereocenters. The number of halogens is 1. The highest BCUT2D eigenvalue weighted by Gasteiger charge is 2.19. The number of ether oxygens (including phenoxy) is 1. The normalized spacial score (nSPS) is 15.1. The van der Waals surface area contributed by atoms with E-state index in [1.54, 1.807) is 19.5 Å². The van der Waals surface area contributed by atoms with E-state index in [-0.39, 0.29) is 0 Å². The van der Waals surface area contributed by atoms with Gasteiger partial charge in [0.1, 0.15) is 5.82 Å². The summed E-state index contributed by atoms with van der Waals surface area (Å²) < 4.78 is 6.07. The highest BCUT2D eigenvalue weighted by Crippen LogP contribution is 2.18. The van der Waals surface area contributed by atoms with E-state index >= 15 is 0 Å². The van der Waals surface area contributed by atoms with Crippen LogP contribution in [-0.4, -0.2) is 48.2 Å². The first kappa shape index (κ1) is 14.1. The number of hydrogen-bond donors (Lipinski definition) is 0. The maximum atomic E-state index is 5.08. The average molecular weight is 350 g/mol. The molecule has 1 aliphatic rings. The van der Waals surface area contributed by atoms with Gasteiger partial charge in [-0.2, -0.15) is 0 Å². The number of pyridine rings is 1. The van der Waals surface area contributed by atoms with Crippen molar-refractivity contribution >= 4 is 27.7 Å².